The number of Topliss-reactive ketones (excluding diaryl/α,β-unsaturated/α-hetero) is 2. The molecule has 85 heavy (non-hydrogen) atoms. The van der Waals surface area contributed by atoms with E-state index in [9.17, 15) is 19.5 Å². The van der Waals surface area contributed by atoms with Gasteiger partial charge in [0.15, 0.2) is 11.6 Å². The molecule has 7 fully saturated rings. The van der Waals surface area contributed by atoms with E-state index in [1.807, 2.05) is 13.8 Å². The van der Waals surface area contributed by atoms with Crippen LogP contribution in [-0.2, 0) is 33.3 Å². The number of benzene rings is 2. The summed E-state index contributed by atoms with van der Waals surface area (Å²) in [6, 6.07) is 13.5. The number of aryl methyl sites for hydroxylation is 1. The average Bonchev–Trinajstić information content (AvgIpc) is 2.89. The van der Waals surface area contributed by atoms with Crippen LogP contribution in [0.1, 0.15) is 215 Å². The average molecular weight is 1280 g/mol. The highest BCUT2D eigenvalue weighted by molar-refractivity contribution is 14.1. The standard InChI is InChI=1S/C25H34N2.C22H32O4.C22H30O4.C3H7I.2CH4/c1-17(2)21-11-8-10-20(7)24(21)26-14-15-27(16-26)25-22(18(3)4)12-9-13-23(25)19(5)6;1-6-19(4)13-16(23)20(5)14(2)7-8-21(15(3)17(19)24)9-10-22(18(20)21)25-11-12-26-22;1-6-19(4,15-23)14-17(24)20(5)16(3)8-9-21(7-2)10-11-22(18(20)21)25-12-13-26-22;1-2-3-4;;/h8-15,17-19H,16H2,1-7H3;6,14,17-18,24H,1,3,7-13H2,2,4-5H3;2,6,15-16,18H,1,8-14H2,3-5H3;2-3H2,1H3;2*1H4/t;14-,17+,18?,19+,20+,21+;16-,18?,19+,20+,21+;;;/m.11.../s1. The van der Waals surface area contributed by atoms with Gasteiger partial charge >= 0.3 is 0 Å². The number of terminal acetylenes is 1. The molecule has 10 rings (SSSR count). The van der Waals surface area contributed by atoms with Crippen molar-refractivity contribution in [3.63, 3.8) is 0 Å². The number of ether oxygens (including phenoxy) is 4. The number of fused-ring (bicyclic) bond motifs is 2. The van der Waals surface area contributed by atoms with Crippen LogP contribution in [0.3, 0.4) is 0 Å². The topological polar surface area (TPSA) is 115 Å². The van der Waals surface area contributed by atoms with E-state index in [2.05, 4.69) is 183 Å². The van der Waals surface area contributed by atoms with Crippen LogP contribution in [-0.4, -0.2) is 78.2 Å². The van der Waals surface area contributed by atoms with Crippen LogP contribution in [0.25, 0.3) is 0 Å². The largest absolute Gasteiger partial charge is 0.388 e. The molecular formula is C74H111IN2O8. The lowest BCUT2D eigenvalue weighted by atomic mass is 9.45. The number of allylic oxidation sites excluding steroid dienone is 1. The Balaban J connectivity index is 0.000000223. The van der Waals surface area contributed by atoms with Crippen molar-refractivity contribution in [1.29, 1.82) is 0 Å². The Morgan fingerprint density at radius 1 is 0.800 bits per heavy atom. The molecule has 5 aliphatic carbocycles. The van der Waals surface area contributed by atoms with Gasteiger partial charge in [-0.15, -0.1) is 19.6 Å². The van der Waals surface area contributed by atoms with E-state index in [0.717, 1.165) is 69.9 Å². The summed E-state index contributed by atoms with van der Waals surface area (Å²) in [5.41, 5.74) is 5.74. The fourth-order valence-corrected chi connectivity index (χ4v) is 16.4. The zero-order chi connectivity index (χ0) is 61.3. The molecule has 1 N–H and O–H groups in total. The molecule has 3 aliphatic heterocycles. The second-order valence-electron chi connectivity index (χ2n) is 27.8. The van der Waals surface area contributed by atoms with Crippen molar-refractivity contribution in [2.75, 3.05) is 47.3 Å². The summed E-state index contributed by atoms with van der Waals surface area (Å²) in [6.45, 7) is 45.4. The Morgan fingerprint density at radius 2 is 1.28 bits per heavy atom. The van der Waals surface area contributed by atoms with Crippen molar-refractivity contribution >= 4 is 51.8 Å². The number of aliphatic hydroxyl groups excluding tert-OH is 1. The van der Waals surface area contributed by atoms with Crippen molar-refractivity contribution in [3.8, 4) is 12.3 Å². The van der Waals surface area contributed by atoms with Gasteiger partial charge in [-0.3, -0.25) is 9.59 Å². The van der Waals surface area contributed by atoms with E-state index >= 15 is 0 Å². The maximum Gasteiger partial charge on any atom is 0.173 e. The molecule has 2 bridgehead atoms. The predicted octanol–water partition coefficient (Wildman–Crippen LogP) is 17.4. The van der Waals surface area contributed by atoms with Crippen LogP contribution in [0.4, 0.5) is 11.4 Å². The predicted molar refractivity (Wildman–Crippen MR) is 360 cm³/mol. The molecule has 3 heterocycles. The molecule has 10 nitrogen and oxygen atoms in total. The number of rotatable bonds is 12. The second kappa shape index (κ2) is 27.9. The maximum atomic E-state index is 13.7. The molecule has 11 atom stereocenters. The second-order valence-corrected chi connectivity index (χ2v) is 28.9. The smallest absolute Gasteiger partial charge is 0.173 e. The highest BCUT2D eigenvalue weighted by Gasteiger charge is 2.73. The number of nitrogens with zero attached hydrogens (tertiary/aromatic N) is 2. The van der Waals surface area contributed by atoms with E-state index in [0.29, 0.717) is 44.2 Å². The monoisotopic (exact) mass is 1280 g/mol. The van der Waals surface area contributed by atoms with Gasteiger partial charge in [0, 0.05) is 93.8 Å². The Bertz CT molecular complexity index is 2750. The van der Waals surface area contributed by atoms with Crippen LogP contribution in [0.15, 0.2) is 86.3 Å². The number of aliphatic hydroxyl groups is 1. The van der Waals surface area contributed by atoms with E-state index < -0.39 is 39.3 Å². The number of carbonyl (C=O) groups excluding carboxylic acids is 3. The van der Waals surface area contributed by atoms with E-state index in [4.69, 9.17) is 25.4 Å². The maximum absolute atomic E-state index is 13.7. The number of aldehydes is 1. The van der Waals surface area contributed by atoms with Crippen LogP contribution in [0.5, 0.6) is 0 Å². The summed E-state index contributed by atoms with van der Waals surface area (Å²) >= 11 is 2.35. The molecular weight excluding hydrogens is 1170 g/mol. The molecule has 2 saturated heterocycles. The summed E-state index contributed by atoms with van der Waals surface area (Å²) in [4.78, 5) is 43.7. The Kier molecular flexibility index (Phi) is 23.6. The third-order valence-electron chi connectivity index (χ3n) is 21.8. The van der Waals surface area contributed by atoms with Gasteiger partial charge in [0.05, 0.1) is 39.2 Å². The van der Waals surface area contributed by atoms with Gasteiger partial charge in [-0.2, -0.15) is 0 Å². The fourth-order valence-electron chi connectivity index (χ4n) is 16.4. The Hall–Kier alpha value is -3.90. The molecule has 11 heteroatoms. The van der Waals surface area contributed by atoms with Crippen LogP contribution in [0, 0.1) is 75.4 Å². The number of anilines is 2. The molecule has 8 aliphatic rings. The molecule has 2 aromatic rings. The lowest BCUT2D eigenvalue weighted by Gasteiger charge is -2.59. The first-order valence-electron chi connectivity index (χ1n) is 31.3. The Morgan fingerprint density at radius 3 is 1.76 bits per heavy atom. The number of hydrogen-bond acceptors (Lipinski definition) is 10. The number of halogens is 1. The van der Waals surface area contributed by atoms with Crippen LogP contribution >= 0.6 is 22.6 Å². The first-order chi connectivity index (χ1) is 39.1. The lowest BCUT2D eigenvalue weighted by Crippen LogP contribution is -2.62. The van der Waals surface area contributed by atoms with E-state index in [1.54, 1.807) is 19.1 Å². The zero-order valence-electron chi connectivity index (χ0n) is 53.3. The minimum absolute atomic E-state index is 0. The molecule has 0 amide bonds. The summed E-state index contributed by atoms with van der Waals surface area (Å²) in [5, 5.41) is 11.2. The summed E-state index contributed by atoms with van der Waals surface area (Å²) < 4.78 is 25.9. The van der Waals surface area contributed by atoms with E-state index in [-0.39, 0.29) is 73.8 Å². The van der Waals surface area contributed by atoms with Crippen molar-refractivity contribution in [1.82, 2.24) is 0 Å². The molecule has 2 unspecified atom stereocenters. The summed E-state index contributed by atoms with van der Waals surface area (Å²) in [6.07, 6.45) is 22.4. The van der Waals surface area contributed by atoms with Crippen LogP contribution < -0.4 is 9.80 Å². The fraction of sp³-hybridized carbons (Fsp3) is 0.662. The van der Waals surface area contributed by atoms with Gasteiger partial charge in [-0.25, -0.2) is 0 Å². The molecule has 472 valence electrons. The zero-order valence-corrected chi connectivity index (χ0v) is 55.4. The lowest BCUT2D eigenvalue weighted by molar-refractivity contribution is -0.238. The first-order valence-corrected chi connectivity index (χ1v) is 32.8. The molecule has 0 radical (unpaired) electrons. The number of alkyl halides is 1. The van der Waals surface area contributed by atoms with Gasteiger partial charge in [0.2, 0.25) is 0 Å². The third kappa shape index (κ3) is 12.7. The summed E-state index contributed by atoms with van der Waals surface area (Å²) in [5.74, 6) is 3.48. The van der Waals surface area contributed by atoms with Gasteiger partial charge < -0.3 is 38.6 Å². The van der Waals surface area contributed by atoms with Crippen molar-refractivity contribution in [3.05, 3.63) is 109 Å². The third-order valence-corrected chi connectivity index (χ3v) is 22.8. The Labute approximate surface area is 529 Å². The van der Waals surface area contributed by atoms with Crippen LogP contribution in [0.2, 0.25) is 0 Å². The molecule has 0 aromatic heterocycles. The quantitative estimate of drug-likeness (QED) is 0.0724. The first kappa shape index (κ1) is 71.8. The number of hydrogen-bond donors (Lipinski definition) is 1. The molecule has 2 spiro atoms. The van der Waals surface area contributed by atoms with Gasteiger partial charge in [0.25, 0.3) is 0 Å². The minimum atomic E-state index is -0.862. The molecule has 2 aromatic carbocycles. The van der Waals surface area contributed by atoms with Gasteiger partial charge in [0.1, 0.15) is 17.9 Å². The van der Waals surface area contributed by atoms with Gasteiger partial charge in [-0.1, -0.05) is 182 Å². The van der Waals surface area contributed by atoms with Crippen molar-refractivity contribution in [2.24, 2.45) is 56.2 Å². The van der Waals surface area contributed by atoms with Gasteiger partial charge in [-0.05, 0) is 121 Å². The highest BCUT2D eigenvalue weighted by atomic mass is 127. The summed E-state index contributed by atoms with van der Waals surface area (Å²) in [7, 11) is 0. The minimum Gasteiger partial charge on any atom is -0.388 e. The number of para-hydroxylation sites is 2. The number of carbonyl (C=O) groups is 3. The highest BCUT2D eigenvalue weighted by Crippen LogP contribution is 2.72. The normalized spacial score (nSPS) is 32.7. The van der Waals surface area contributed by atoms with Crippen molar-refractivity contribution < 1.29 is 38.4 Å². The van der Waals surface area contributed by atoms with Crippen molar-refractivity contribution in [2.45, 2.75) is 218 Å². The number of ketones is 2. The van der Waals surface area contributed by atoms with E-state index in [1.165, 1.54) is 44.5 Å². The SMILES string of the molecule is C.C.C#C[C@@]12CC[C@@H](C)[C@@](C)(C(=O)C[C@](C)(C=C)C=O)C1C1(CC2)OCCO1.C=C[C@@]1(C)CC(=O)[C@@]2(C)C3C4(CC[C@@]3(CC[C@H]2C)C(=C)[C@@H]1O)OCCO4.CCCI.Cc1cccc(C(C)C)c1N1C=CN(c2c(C(C)C)cccc2C(C)C)C1. The molecule has 5 saturated carbocycles.